The minimum atomic E-state index is -0.299. The van der Waals surface area contributed by atoms with Crippen molar-refractivity contribution in [3.05, 3.63) is 40.6 Å². The SMILES string of the molecule is CC1(C)CC(Nc2ncnc(NNC(=O)c3ccccc3Br)c2N)CC(C)(C)N1. The molecule has 0 saturated carbocycles. The highest BCUT2D eigenvalue weighted by Gasteiger charge is 2.37. The van der Waals surface area contributed by atoms with Crippen LogP contribution in [0.2, 0.25) is 0 Å². The number of rotatable bonds is 5. The number of hydrogen-bond donors (Lipinski definition) is 5. The van der Waals surface area contributed by atoms with Gasteiger partial charge in [0.1, 0.15) is 12.0 Å². The van der Waals surface area contributed by atoms with Crippen LogP contribution in [0.25, 0.3) is 0 Å². The van der Waals surface area contributed by atoms with Crippen LogP contribution in [0.3, 0.4) is 0 Å². The van der Waals surface area contributed by atoms with Crippen LogP contribution in [0.15, 0.2) is 35.1 Å². The Bertz CT molecular complexity index is 884. The first-order valence-corrected chi connectivity index (χ1v) is 10.3. The van der Waals surface area contributed by atoms with Gasteiger partial charge in [0.2, 0.25) is 0 Å². The number of hydrazine groups is 1. The van der Waals surface area contributed by atoms with E-state index in [0.29, 0.717) is 27.4 Å². The van der Waals surface area contributed by atoms with Crippen molar-refractivity contribution >= 4 is 39.2 Å². The van der Waals surface area contributed by atoms with Crippen LogP contribution in [0.4, 0.5) is 17.3 Å². The summed E-state index contributed by atoms with van der Waals surface area (Å²) in [6, 6.07) is 7.37. The molecule has 8 nitrogen and oxygen atoms in total. The maximum Gasteiger partial charge on any atom is 0.270 e. The van der Waals surface area contributed by atoms with Gasteiger partial charge in [0, 0.05) is 21.6 Å². The number of anilines is 3. The summed E-state index contributed by atoms with van der Waals surface area (Å²) in [5, 5.41) is 7.11. The number of amides is 1. The van der Waals surface area contributed by atoms with Crippen molar-refractivity contribution in [1.29, 1.82) is 0 Å². The molecule has 1 aliphatic rings. The number of aromatic nitrogens is 2. The molecule has 1 fully saturated rings. The van der Waals surface area contributed by atoms with E-state index in [-0.39, 0.29) is 23.0 Å². The lowest BCUT2D eigenvalue weighted by atomic mass is 9.79. The number of halogens is 1. The Labute approximate surface area is 179 Å². The second-order valence-corrected chi connectivity index (χ2v) is 9.54. The van der Waals surface area contributed by atoms with E-state index in [1.54, 1.807) is 18.2 Å². The Morgan fingerprint density at radius 1 is 1.14 bits per heavy atom. The zero-order valence-electron chi connectivity index (χ0n) is 17.1. The van der Waals surface area contributed by atoms with Crippen LogP contribution in [0.1, 0.15) is 50.9 Å². The summed E-state index contributed by atoms with van der Waals surface area (Å²) in [5.74, 6) is 0.596. The molecule has 0 spiro atoms. The third kappa shape index (κ3) is 5.36. The van der Waals surface area contributed by atoms with E-state index in [0.717, 1.165) is 12.8 Å². The normalized spacial score (nSPS) is 18.1. The number of carbonyl (C=O) groups is 1. The molecule has 3 rings (SSSR count). The van der Waals surface area contributed by atoms with Gasteiger partial charge in [0.25, 0.3) is 5.91 Å². The van der Waals surface area contributed by atoms with E-state index < -0.39 is 0 Å². The molecule has 0 bridgehead atoms. The van der Waals surface area contributed by atoms with Crippen LogP contribution in [-0.4, -0.2) is 33.0 Å². The van der Waals surface area contributed by atoms with Crippen LogP contribution in [0.5, 0.6) is 0 Å². The summed E-state index contributed by atoms with van der Waals surface area (Å²) in [5.41, 5.74) is 12.6. The van der Waals surface area contributed by atoms with Crippen molar-refractivity contribution in [2.45, 2.75) is 57.7 Å². The Morgan fingerprint density at radius 3 is 2.41 bits per heavy atom. The van der Waals surface area contributed by atoms with Gasteiger partial charge in [0.05, 0.1) is 5.56 Å². The lowest BCUT2D eigenvalue weighted by molar-refractivity contribution is 0.0961. The number of nitrogens with two attached hydrogens (primary N) is 1. The number of benzene rings is 1. The van der Waals surface area contributed by atoms with E-state index in [1.807, 2.05) is 6.07 Å². The lowest BCUT2D eigenvalue weighted by Crippen LogP contribution is -2.60. The van der Waals surface area contributed by atoms with Crippen LogP contribution in [0, 0.1) is 0 Å². The first-order chi connectivity index (χ1) is 13.6. The van der Waals surface area contributed by atoms with E-state index in [1.165, 1.54) is 6.33 Å². The standard InChI is InChI=1S/C20H28BrN7O/c1-19(2)9-12(10-20(3,4)28-19)25-16-15(22)17(24-11-23-16)26-27-18(29)13-7-5-6-8-14(13)21/h5-8,11-12,28H,9-10,22H2,1-4H3,(H,27,29)(H2,23,24,25,26). The highest BCUT2D eigenvalue weighted by molar-refractivity contribution is 9.10. The molecular formula is C20H28BrN7O. The third-order valence-corrected chi connectivity index (χ3v) is 5.52. The van der Waals surface area contributed by atoms with Gasteiger partial charge in [-0.05, 0) is 68.6 Å². The number of nitrogen functional groups attached to an aromatic ring is 1. The maximum atomic E-state index is 12.4. The smallest absolute Gasteiger partial charge is 0.270 e. The molecular weight excluding hydrogens is 434 g/mol. The molecule has 6 N–H and O–H groups in total. The van der Waals surface area contributed by atoms with E-state index in [9.17, 15) is 4.79 Å². The van der Waals surface area contributed by atoms with Gasteiger partial charge in [-0.15, -0.1) is 0 Å². The van der Waals surface area contributed by atoms with Crippen LogP contribution >= 0.6 is 15.9 Å². The minimum absolute atomic E-state index is 0.000661. The molecule has 9 heteroatoms. The van der Waals surface area contributed by atoms with Crippen LogP contribution < -0.4 is 27.2 Å². The molecule has 156 valence electrons. The Morgan fingerprint density at radius 2 is 1.76 bits per heavy atom. The van der Waals surface area contributed by atoms with E-state index in [4.69, 9.17) is 5.73 Å². The van der Waals surface area contributed by atoms with E-state index >= 15 is 0 Å². The van der Waals surface area contributed by atoms with Crippen molar-refractivity contribution in [3.63, 3.8) is 0 Å². The molecule has 1 aliphatic heterocycles. The average molecular weight is 462 g/mol. The van der Waals surface area contributed by atoms with Crippen molar-refractivity contribution in [2.24, 2.45) is 0 Å². The van der Waals surface area contributed by atoms with Gasteiger partial charge in [0.15, 0.2) is 11.6 Å². The second kappa shape index (κ2) is 8.16. The predicted molar refractivity (Wildman–Crippen MR) is 120 cm³/mol. The number of piperidine rings is 1. The third-order valence-electron chi connectivity index (χ3n) is 4.83. The molecule has 29 heavy (non-hydrogen) atoms. The molecule has 0 radical (unpaired) electrons. The molecule has 1 aromatic carbocycles. The molecule has 2 heterocycles. The fourth-order valence-corrected chi connectivity index (χ4v) is 4.52. The lowest BCUT2D eigenvalue weighted by Gasteiger charge is -2.46. The van der Waals surface area contributed by atoms with Crippen molar-refractivity contribution < 1.29 is 4.79 Å². The summed E-state index contributed by atoms with van der Waals surface area (Å²) < 4.78 is 0.702. The number of hydrogen-bond acceptors (Lipinski definition) is 7. The molecule has 1 saturated heterocycles. The van der Waals surface area contributed by atoms with Crippen molar-refractivity contribution in [1.82, 2.24) is 20.7 Å². The number of nitrogens with one attached hydrogen (secondary N) is 4. The number of carbonyl (C=O) groups excluding carboxylic acids is 1. The zero-order chi connectivity index (χ0) is 21.2. The molecule has 1 amide bonds. The van der Waals surface area contributed by atoms with Gasteiger partial charge < -0.3 is 16.4 Å². The first kappa shape index (κ1) is 21.3. The Balaban J connectivity index is 1.70. The fourth-order valence-electron chi connectivity index (χ4n) is 4.06. The topological polar surface area (TPSA) is 117 Å². The van der Waals surface area contributed by atoms with Gasteiger partial charge >= 0.3 is 0 Å². The molecule has 1 aromatic heterocycles. The summed E-state index contributed by atoms with van der Waals surface area (Å²) in [6.07, 6.45) is 3.28. The Kier molecular flexibility index (Phi) is 6.00. The van der Waals surface area contributed by atoms with E-state index in [2.05, 4.69) is 75.1 Å². The molecule has 2 aromatic rings. The average Bonchev–Trinajstić information content (AvgIpc) is 2.60. The highest BCUT2D eigenvalue weighted by Crippen LogP contribution is 2.32. The van der Waals surface area contributed by atoms with Gasteiger partial charge in [-0.3, -0.25) is 15.6 Å². The van der Waals surface area contributed by atoms with Gasteiger partial charge in [-0.1, -0.05) is 12.1 Å². The molecule has 0 atom stereocenters. The highest BCUT2D eigenvalue weighted by atomic mass is 79.9. The number of nitrogens with zero attached hydrogens (tertiary/aromatic N) is 2. The minimum Gasteiger partial charge on any atom is -0.393 e. The monoisotopic (exact) mass is 461 g/mol. The maximum absolute atomic E-state index is 12.4. The Hall–Kier alpha value is -2.39. The van der Waals surface area contributed by atoms with Crippen LogP contribution in [-0.2, 0) is 0 Å². The van der Waals surface area contributed by atoms with Crippen molar-refractivity contribution in [3.8, 4) is 0 Å². The molecule has 0 aliphatic carbocycles. The zero-order valence-corrected chi connectivity index (χ0v) is 18.7. The van der Waals surface area contributed by atoms with Crippen molar-refractivity contribution in [2.75, 3.05) is 16.5 Å². The second-order valence-electron chi connectivity index (χ2n) is 8.69. The fraction of sp³-hybridized carbons (Fsp3) is 0.450. The quantitative estimate of drug-likeness (QED) is 0.433. The molecule has 0 unspecified atom stereocenters. The van der Waals surface area contributed by atoms with Gasteiger partial charge in [-0.25, -0.2) is 9.97 Å². The summed E-state index contributed by atoms with van der Waals surface area (Å²) >= 11 is 3.37. The predicted octanol–water partition coefficient (Wildman–Crippen LogP) is 3.30. The first-order valence-electron chi connectivity index (χ1n) is 9.54. The summed E-state index contributed by atoms with van der Waals surface area (Å²) in [4.78, 5) is 20.8. The van der Waals surface area contributed by atoms with Gasteiger partial charge in [-0.2, -0.15) is 0 Å². The largest absolute Gasteiger partial charge is 0.393 e. The summed E-state index contributed by atoms with van der Waals surface area (Å²) in [6.45, 7) is 8.76. The summed E-state index contributed by atoms with van der Waals surface area (Å²) in [7, 11) is 0.